The number of halogens is 1. The minimum atomic E-state index is -0.581. The van der Waals surface area contributed by atoms with Gasteiger partial charge in [0.05, 0.1) is 0 Å². The lowest BCUT2D eigenvalue weighted by Gasteiger charge is -2.22. The molecule has 0 amide bonds. The lowest BCUT2D eigenvalue weighted by atomic mass is 10.0. The molecule has 0 radical (unpaired) electrons. The highest BCUT2D eigenvalue weighted by molar-refractivity contribution is 4.85. The monoisotopic (exact) mass is 159 g/mol. The Balaban J connectivity index is 2.41. The van der Waals surface area contributed by atoms with Crippen LogP contribution in [0.2, 0.25) is 0 Å². The third-order valence-corrected chi connectivity index (χ3v) is 2.45. The van der Waals surface area contributed by atoms with Crippen LogP contribution in [0, 0.1) is 5.92 Å². The first kappa shape index (κ1) is 8.98. The molecule has 0 N–H and O–H groups in total. The fourth-order valence-electron chi connectivity index (χ4n) is 1.77. The van der Waals surface area contributed by atoms with E-state index < -0.39 is 6.17 Å². The summed E-state index contributed by atoms with van der Waals surface area (Å²) < 4.78 is 13.2. The molecule has 2 heteroatoms. The van der Waals surface area contributed by atoms with Crippen molar-refractivity contribution in [3.8, 4) is 0 Å². The summed E-state index contributed by atoms with van der Waals surface area (Å²) in [6.07, 6.45) is 1.15. The van der Waals surface area contributed by atoms with E-state index in [9.17, 15) is 4.39 Å². The van der Waals surface area contributed by atoms with Crippen molar-refractivity contribution in [3.05, 3.63) is 0 Å². The second-order valence-electron chi connectivity index (χ2n) is 3.98. The van der Waals surface area contributed by atoms with E-state index in [1.807, 2.05) is 7.05 Å². The van der Waals surface area contributed by atoms with E-state index in [0.717, 1.165) is 19.4 Å². The van der Waals surface area contributed by atoms with Gasteiger partial charge < -0.3 is 4.90 Å². The van der Waals surface area contributed by atoms with Crippen LogP contribution in [-0.4, -0.2) is 30.7 Å². The predicted octanol–water partition coefficient (Wildman–Crippen LogP) is 2.07. The van der Waals surface area contributed by atoms with Gasteiger partial charge in [0.1, 0.15) is 6.17 Å². The highest BCUT2D eigenvalue weighted by Gasteiger charge is 2.31. The zero-order valence-corrected chi connectivity index (χ0v) is 7.68. The van der Waals surface area contributed by atoms with Gasteiger partial charge in [-0.25, -0.2) is 4.39 Å². The summed E-state index contributed by atoms with van der Waals surface area (Å²) >= 11 is 0. The van der Waals surface area contributed by atoms with Gasteiger partial charge in [0.2, 0.25) is 0 Å². The molecule has 1 nitrogen and oxygen atoms in total. The van der Waals surface area contributed by atoms with Crippen LogP contribution in [0.25, 0.3) is 0 Å². The second-order valence-corrected chi connectivity index (χ2v) is 3.98. The summed E-state index contributed by atoms with van der Waals surface area (Å²) in [4.78, 5) is 2.14. The Kier molecular flexibility index (Phi) is 2.88. The largest absolute Gasteiger partial charge is 0.300 e. The average Bonchev–Trinajstić information content (AvgIpc) is 2.18. The number of alkyl halides is 1. The molecule has 0 saturated carbocycles. The number of nitrogens with zero attached hydrogens (tertiary/aromatic N) is 1. The molecule has 66 valence electrons. The van der Waals surface area contributed by atoms with Crippen LogP contribution in [0.15, 0.2) is 0 Å². The smallest absolute Gasteiger partial charge is 0.117 e. The van der Waals surface area contributed by atoms with Gasteiger partial charge in [-0.3, -0.25) is 0 Å². The molecule has 1 saturated heterocycles. The number of hydrogen-bond acceptors (Lipinski definition) is 1. The molecular weight excluding hydrogens is 141 g/mol. The van der Waals surface area contributed by atoms with Crippen molar-refractivity contribution in [2.24, 2.45) is 5.92 Å². The van der Waals surface area contributed by atoms with Crippen LogP contribution in [0.3, 0.4) is 0 Å². The highest BCUT2D eigenvalue weighted by atomic mass is 19.1. The summed E-state index contributed by atoms with van der Waals surface area (Å²) in [5, 5.41) is 0. The van der Waals surface area contributed by atoms with E-state index in [4.69, 9.17) is 0 Å². The number of hydrogen-bond donors (Lipinski definition) is 0. The predicted molar refractivity (Wildman–Crippen MR) is 45.4 cm³/mol. The van der Waals surface area contributed by atoms with Crippen LogP contribution in [0.1, 0.15) is 26.7 Å². The molecule has 1 rings (SSSR count). The van der Waals surface area contributed by atoms with E-state index in [0.29, 0.717) is 5.92 Å². The Morgan fingerprint density at radius 1 is 1.55 bits per heavy atom. The van der Waals surface area contributed by atoms with Crippen LogP contribution >= 0.6 is 0 Å². The standard InChI is InChI=1S/C9H18FN/c1-7(2)6-9-8(10)4-5-11(9)3/h7-9H,4-6H2,1-3H3/t8-,9-/m1/s1. The molecule has 0 aromatic carbocycles. The molecule has 0 unspecified atom stereocenters. The fourth-order valence-corrected chi connectivity index (χ4v) is 1.77. The van der Waals surface area contributed by atoms with Crippen molar-refractivity contribution in [2.75, 3.05) is 13.6 Å². The molecule has 0 aromatic rings. The molecule has 1 fully saturated rings. The van der Waals surface area contributed by atoms with Crippen molar-refractivity contribution in [3.63, 3.8) is 0 Å². The van der Waals surface area contributed by atoms with Gasteiger partial charge >= 0.3 is 0 Å². The first-order valence-electron chi connectivity index (χ1n) is 4.45. The Morgan fingerprint density at radius 2 is 2.18 bits per heavy atom. The summed E-state index contributed by atoms with van der Waals surface area (Å²) in [6.45, 7) is 5.23. The normalized spacial score (nSPS) is 33.5. The minimum Gasteiger partial charge on any atom is -0.300 e. The molecule has 0 aliphatic carbocycles. The van der Waals surface area contributed by atoms with Crippen molar-refractivity contribution < 1.29 is 4.39 Å². The highest BCUT2D eigenvalue weighted by Crippen LogP contribution is 2.24. The van der Waals surface area contributed by atoms with E-state index >= 15 is 0 Å². The summed E-state index contributed by atoms with van der Waals surface area (Å²) in [6, 6.07) is 0.190. The zero-order valence-electron chi connectivity index (χ0n) is 7.68. The molecule has 1 aliphatic rings. The van der Waals surface area contributed by atoms with E-state index in [-0.39, 0.29) is 6.04 Å². The Bertz CT molecular complexity index is 115. The van der Waals surface area contributed by atoms with Gasteiger partial charge in [0, 0.05) is 12.6 Å². The molecular formula is C9H18FN. The van der Waals surface area contributed by atoms with E-state index in [1.54, 1.807) is 0 Å². The SMILES string of the molecule is CC(C)C[C@@H]1[C@H](F)CCN1C. The zero-order chi connectivity index (χ0) is 8.43. The maximum absolute atomic E-state index is 13.2. The topological polar surface area (TPSA) is 3.24 Å². The lowest BCUT2D eigenvalue weighted by molar-refractivity contribution is 0.195. The first-order valence-corrected chi connectivity index (χ1v) is 4.45. The van der Waals surface area contributed by atoms with Crippen LogP contribution in [0.5, 0.6) is 0 Å². The third-order valence-electron chi connectivity index (χ3n) is 2.45. The van der Waals surface area contributed by atoms with Gasteiger partial charge in [-0.15, -0.1) is 0 Å². The minimum absolute atomic E-state index is 0.190. The maximum Gasteiger partial charge on any atom is 0.117 e. The Labute approximate surface area is 68.6 Å². The second kappa shape index (κ2) is 3.53. The van der Waals surface area contributed by atoms with Crippen molar-refractivity contribution in [1.82, 2.24) is 4.90 Å². The van der Waals surface area contributed by atoms with E-state index in [2.05, 4.69) is 18.7 Å². The summed E-state index contributed by atoms with van der Waals surface area (Å²) in [7, 11) is 2.02. The third kappa shape index (κ3) is 2.16. The van der Waals surface area contributed by atoms with Gasteiger partial charge in [0.25, 0.3) is 0 Å². The maximum atomic E-state index is 13.2. The molecule has 0 spiro atoms. The van der Waals surface area contributed by atoms with Crippen LogP contribution < -0.4 is 0 Å². The lowest BCUT2D eigenvalue weighted by Crippen LogP contribution is -2.31. The van der Waals surface area contributed by atoms with Crippen LogP contribution in [0.4, 0.5) is 4.39 Å². The number of likely N-dealkylation sites (tertiary alicyclic amines) is 1. The van der Waals surface area contributed by atoms with E-state index in [1.165, 1.54) is 0 Å². The quantitative estimate of drug-likeness (QED) is 0.596. The van der Waals surface area contributed by atoms with Crippen molar-refractivity contribution in [2.45, 2.75) is 38.9 Å². The Morgan fingerprint density at radius 3 is 2.55 bits per heavy atom. The van der Waals surface area contributed by atoms with Crippen molar-refractivity contribution >= 4 is 0 Å². The summed E-state index contributed by atoms with van der Waals surface area (Å²) in [5.74, 6) is 0.610. The Hall–Kier alpha value is -0.110. The van der Waals surface area contributed by atoms with Gasteiger partial charge in [-0.05, 0) is 25.8 Å². The molecule has 11 heavy (non-hydrogen) atoms. The van der Waals surface area contributed by atoms with Gasteiger partial charge in [-0.2, -0.15) is 0 Å². The molecule has 1 aliphatic heterocycles. The first-order chi connectivity index (χ1) is 5.11. The average molecular weight is 159 g/mol. The van der Waals surface area contributed by atoms with Crippen LogP contribution in [-0.2, 0) is 0 Å². The summed E-state index contributed by atoms with van der Waals surface area (Å²) in [5.41, 5.74) is 0. The van der Waals surface area contributed by atoms with Gasteiger partial charge in [-0.1, -0.05) is 13.8 Å². The van der Waals surface area contributed by atoms with Crippen molar-refractivity contribution in [1.29, 1.82) is 0 Å². The molecule has 1 heterocycles. The molecule has 0 bridgehead atoms. The number of rotatable bonds is 2. The molecule has 2 atom stereocenters. The van der Waals surface area contributed by atoms with Gasteiger partial charge in [0.15, 0.2) is 0 Å². The molecule has 0 aromatic heterocycles. The fraction of sp³-hybridized carbons (Fsp3) is 1.00.